The average Bonchev–Trinajstić information content (AvgIpc) is 3.40. The zero-order valence-electron chi connectivity index (χ0n) is 19.6. The van der Waals surface area contributed by atoms with Crippen LogP contribution in [0, 0.1) is 37.0 Å². The maximum atomic E-state index is 12.9. The van der Waals surface area contributed by atoms with Gasteiger partial charge in [0.2, 0.25) is 0 Å². The Labute approximate surface area is 195 Å². The summed E-state index contributed by atoms with van der Waals surface area (Å²) < 4.78 is 1.91. The lowest BCUT2D eigenvalue weighted by atomic mass is 9.47. The molecule has 174 valence electrons. The van der Waals surface area contributed by atoms with Crippen LogP contribution in [0.3, 0.4) is 0 Å². The van der Waals surface area contributed by atoms with Crippen molar-refractivity contribution in [1.29, 1.82) is 0 Å². The third kappa shape index (κ3) is 3.71. The van der Waals surface area contributed by atoms with Crippen LogP contribution in [0.4, 0.5) is 0 Å². The Morgan fingerprint density at radius 3 is 2.39 bits per heavy atom. The first kappa shape index (κ1) is 21.1. The van der Waals surface area contributed by atoms with Crippen LogP contribution in [0.25, 0.3) is 5.69 Å². The Balaban J connectivity index is 1.09. The first-order chi connectivity index (χ1) is 16.0. The molecule has 1 amide bonds. The van der Waals surface area contributed by atoms with E-state index < -0.39 is 0 Å². The van der Waals surface area contributed by atoms with E-state index in [0.717, 1.165) is 46.8 Å². The number of nitrogens with one attached hydrogen (secondary N) is 3. The number of hydrogen-bond acceptors (Lipinski definition) is 5. The van der Waals surface area contributed by atoms with E-state index in [9.17, 15) is 4.79 Å². The minimum atomic E-state index is -0.241. The van der Waals surface area contributed by atoms with E-state index >= 15 is 0 Å². The maximum absolute atomic E-state index is 12.9. The molecule has 2 aromatic rings. The van der Waals surface area contributed by atoms with Crippen molar-refractivity contribution < 1.29 is 4.79 Å². The summed E-state index contributed by atoms with van der Waals surface area (Å²) in [7, 11) is 0. The molecular formula is C26H34N6O. The highest BCUT2D eigenvalue weighted by atomic mass is 16.2. The lowest BCUT2D eigenvalue weighted by Gasteiger charge is -2.59. The first-order valence-electron chi connectivity index (χ1n) is 12.5. The zero-order chi connectivity index (χ0) is 22.6. The molecule has 3 N–H and O–H groups in total. The molecule has 2 atom stereocenters. The fourth-order valence-corrected chi connectivity index (χ4v) is 7.64. The van der Waals surface area contributed by atoms with Crippen LogP contribution >= 0.6 is 0 Å². The van der Waals surface area contributed by atoms with Gasteiger partial charge in [-0.2, -0.15) is 10.2 Å². The highest BCUT2D eigenvalue weighted by Gasteiger charge is 2.55. The molecule has 5 aliphatic rings. The Hall–Kier alpha value is -2.51. The largest absolute Gasteiger partial charge is 0.271 e. The molecule has 7 rings (SSSR count). The van der Waals surface area contributed by atoms with Gasteiger partial charge in [0.1, 0.15) is 6.04 Å². The topological polar surface area (TPSA) is 83.3 Å². The normalized spacial score (nSPS) is 34.9. The number of carbonyl (C=O) groups is 1. The minimum absolute atomic E-state index is 0.0725. The number of hydrogen-bond donors (Lipinski definition) is 3. The van der Waals surface area contributed by atoms with E-state index in [2.05, 4.69) is 26.5 Å². The lowest BCUT2D eigenvalue weighted by molar-refractivity contribution is -0.123. The Bertz CT molecular complexity index is 1040. The molecule has 0 spiro atoms. The van der Waals surface area contributed by atoms with Gasteiger partial charge in [-0.25, -0.2) is 15.5 Å². The first-order valence-corrected chi connectivity index (χ1v) is 12.5. The summed E-state index contributed by atoms with van der Waals surface area (Å²) in [5.41, 5.74) is 13.8. The van der Waals surface area contributed by atoms with Crippen LogP contribution in [0.2, 0.25) is 0 Å². The molecule has 1 aromatic heterocycles. The molecule has 4 aliphatic carbocycles. The van der Waals surface area contributed by atoms with E-state index in [4.69, 9.17) is 0 Å². The van der Waals surface area contributed by atoms with Crippen LogP contribution in [0.15, 0.2) is 35.4 Å². The second-order valence-electron chi connectivity index (χ2n) is 11.0. The lowest BCUT2D eigenvalue weighted by Crippen LogP contribution is -2.55. The number of hydrazone groups is 1. The van der Waals surface area contributed by atoms with Gasteiger partial charge in [-0.15, -0.1) is 0 Å². The molecule has 4 saturated carbocycles. The van der Waals surface area contributed by atoms with E-state index in [1.165, 1.54) is 38.5 Å². The summed E-state index contributed by atoms with van der Waals surface area (Å²) in [6.45, 7) is 3.99. The van der Waals surface area contributed by atoms with Crippen molar-refractivity contribution in [3.63, 3.8) is 0 Å². The van der Waals surface area contributed by atoms with Gasteiger partial charge < -0.3 is 0 Å². The number of benzene rings is 1. The van der Waals surface area contributed by atoms with Crippen LogP contribution in [-0.4, -0.2) is 34.0 Å². The van der Waals surface area contributed by atoms with E-state index in [-0.39, 0.29) is 11.9 Å². The van der Waals surface area contributed by atoms with Crippen LogP contribution in [-0.2, 0) is 4.79 Å². The van der Waals surface area contributed by atoms with Crippen molar-refractivity contribution in [1.82, 2.24) is 26.1 Å². The maximum Gasteiger partial charge on any atom is 0.258 e. The number of rotatable bonds is 5. The fourth-order valence-electron chi connectivity index (χ4n) is 7.64. The molecule has 7 heteroatoms. The molecule has 1 aromatic carbocycles. The second kappa shape index (κ2) is 8.06. The zero-order valence-corrected chi connectivity index (χ0v) is 19.6. The van der Waals surface area contributed by atoms with Gasteiger partial charge in [0, 0.05) is 11.6 Å². The smallest absolute Gasteiger partial charge is 0.258 e. The second-order valence-corrected chi connectivity index (χ2v) is 11.0. The van der Waals surface area contributed by atoms with Gasteiger partial charge in [-0.05, 0) is 94.1 Å². The third-order valence-corrected chi connectivity index (χ3v) is 8.76. The van der Waals surface area contributed by atoms with Gasteiger partial charge >= 0.3 is 0 Å². The van der Waals surface area contributed by atoms with Crippen molar-refractivity contribution in [2.24, 2.45) is 28.3 Å². The minimum Gasteiger partial charge on any atom is -0.271 e. The number of carbonyl (C=O) groups excluding carboxylic acids is 1. The molecule has 2 heterocycles. The van der Waals surface area contributed by atoms with E-state index in [1.54, 1.807) is 6.21 Å². The fraction of sp³-hybridized carbons (Fsp3) is 0.577. The number of nitrogens with zero attached hydrogens (tertiary/aromatic N) is 3. The summed E-state index contributed by atoms with van der Waals surface area (Å²) in [5.74, 6) is 2.67. The van der Waals surface area contributed by atoms with Gasteiger partial charge in [-0.1, -0.05) is 18.2 Å². The Morgan fingerprint density at radius 2 is 1.73 bits per heavy atom. The van der Waals surface area contributed by atoms with Crippen molar-refractivity contribution in [2.75, 3.05) is 0 Å². The van der Waals surface area contributed by atoms with Gasteiger partial charge in [-0.3, -0.25) is 10.2 Å². The van der Waals surface area contributed by atoms with Crippen LogP contribution < -0.4 is 16.3 Å². The van der Waals surface area contributed by atoms with Crippen molar-refractivity contribution in [2.45, 2.75) is 70.9 Å². The van der Waals surface area contributed by atoms with Gasteiger partial charge in [0.15, 0.2) is 0 Å². The number of amides is 1. The van der Waals surface area contributed by atoms with Crippen molar-refractivity contribution in [3.05, 3.63) is 47.3 Å². The summed E-state index contributed by atoms with van der Waals surface area (Å²) in [6, 6.07) is 10.2. The number of aromatic nitrogens is 2. The number of aryl methyl sites for hydroxylation is 1. The molecule has 7 nitrogen and oxygen atoms in total. The average molecular weight is 447 g/mol. The molecule has 1 aliphatic heterocycles. The summed E-state index contributed by atoms with van der Waals surface area (Å²) in [4.78, 5) is 12.9. The SMILES string of the molecule is Cc1nn(-c2ccccc2)c(C)c1/C=N/NC(=O)C1CC(C23CC4CC(CC(C4)C2)C3)NN1. The molecule has 1 saturated heterocycles. The molecule has 33 heavy (non-hydrogen) atoms. The Kier molecular flexibility index (Phi) is 5.14. The van der Waals surface area contributed by atoms with Gasteiger partial charge in [0.25, 0.3) is 5.91 Å². The highest BCUT2D eigenvalue weighted by Crippen LogP contribution is 2.61. The monoisotopic (exact) mass is 446 g/mol. The quantitative estimate of drug-likeness (QED) is 0.486. The molecule has 5 fully saturated rings. The Morgan fingerprint density at radius 1 is 1.06 bits per heavy atom. The molecule has 4 bridgehead atoms. The number of hydrazine groups is 1. The number of para-hydroxylation sites is 1. The van der Waals surface area contributed by atoms with Crippen LogP contribution in [0.5, 0.6) is 0 Å². The summed E-state index contributed by atoms with van der Waals surface area (Å²) in [6.07, 6.45) is 10.9. The summed E-state index contributed by atoms with van der Waals surface area (Å²) in [5, 5.41) is 8.93. The van der Waals surface area contributed by atoms with E-state index in [1.807, 2.05) is 48.9 Å². The molecular weight excluding hydrogens is 412 g/mol. The predicted octanol–water partition coefficient (Wildman–Crippen LogP) is 3.39. The standard InChI is InChI=1S/C26H34N6O/c1-16-22(17(2)32(31-16)21-6-4-3-5-7-21)15-27-30-25(33)23-11-24(29-28-23)26-12-18-8-19(13-26)10-20(9-18)14-26/h3-7,15,18-20,23-24,28-29H,8-14H2,1-2H3,(H,30,33)/b27-15+. The van der Waals surface area contributed by atoms with Crippen molar-refractivity contribution >= 4 is 12.1 Å². The third-order valence-electron chi connectivity index (χ3n) is 8.76. The predicted molar refractivity (Wildman–Crippen MR) is 128 cm³/mol. The molecule has 2 unspecified atom stereocenters. The molecule has 0 radical (unpaired) electrons. The van der Waals surface area contributed by atoms with Crippen LogP contribution in [0.1, 0.15) is 61.9 Å². The summed E-state index contributed by atoms with van der Waals surface area (Å²) >= 11 is 0. The highest BCUT2D eigenvalue weighted by molar-refractivity contribution is 5.86. The van der Waals surface area contributed by atoms with E-state index in [0.29, 0.717) is 11.5 Å². The van der Waals surface area contributed by atoms with Crippen molar-refractivity contribution in [3.8, 4) is 5.69 Å². The van der Waals surface area contributed by atoms with Gasteiger partial charge in [0.05, 0.1) is 23.3 Å².